The second-order valence-corrected chi connectivity index (χ2v) is 9.34. The molecule has 8 heteroatoms. The molecule has 0 amide bonds. The van der Waals surface area contributed by atoms with Gasteiger partial charge in [-0.2, -0.15) is 0 Å². The summed E-state index contributed by atoms with van der Waals surface area (Å²) < 4.78 is 54.0. The highest BCUT2D eigenvalue weighted by atomic mass is 32.2. The molecule has 3 aromatic rings. The third kappa shape index (κ3) is 4.94. The zero-order valence-electron chi connectivity index (χ0n) is 18.0. The lowest BCUT2D eigenvalue weighted by Gasteiger charge is -2.35. The maximum Gasteiger partial charge on any atom is 0.241 e. The Bertz CT molecular complexity index is 1160. The first-order valence-electron chi connectivity index (χ1n) is 10.7. The van der Waals surface area contributed by atoms with E-state index in [4.69, 9.17) is 9.47 Å². The summed E-state index contributed by atoms with van der Waals surface area (Å²) in [7, 11) is -3.81. The number of benzene rings is 3. The van der Waals surface area contributed by atoms with Gasteiger partial charge in [-0.25, -0.2) is 17.5 Å². The fraction of sp³-hybridized carbons (Fsp3) is 0.333. The summed E-state index contributed by atoms with van der Waals surface area (Å²) >= 11 is 0. The number of fused-ring (bicyclic) bond motifs is 1. The van der Waals surface area contributed by atoms with E-state index < -0.39 is 10.0 Å². The van der Waals surface area contributed by atoms with Crippen molar-refractivity contribution >= 4 is 20.8 Å². The van der Waals surface area contributed by atoms with Crippen LogP contribution >= 0.6 is 0 Å². The van der Waals surface area contributed by atoms with Crippen LogP contribution in [0.2, 0.25) is 0 Å². The molecule has 1 saturated heterocycles. The van der Waals surface area contributed by atoms with Gasteiger partial charge in [0.25, 0.3) is 0 Å². The van der Waals surface area contributed by atoms with Gasteiger partial charge in [-0.1, -0.05) is 36.4 Å². The molecule has 0 bridgehead atoms. The van der Waals surface area contributed by atoms with E-state index in [0.29, 0.717) is 44.0 Å². The van der Waals surface area contributed by atoms with Crippen molar-refractivity contribution in [2.75, 3.05) is 39.5 Å². The fourth-order valence-electron chi connectivity index (χ4n) is 4.06. The molecule has 1 N–H and O–H groups in total. The quantitative estimate of drug-likeness (QED) is 0.557. The van der Waals surface area contributed by atoms with E-state index in [0.717, 1.165) is 10.9 Å². The van der Waals surface area contributed by atoms with Gasteiger partial charge in [0.2, 0.25) is 10.0 Å². The smallest absolute Gasteiger partial charge is 0.241 e. The second-order valence-electron chi connectivity index (χ2n) is 7.61. The number of morpholine rings is 1. The summed E-state index contributed by atoms with van der Waals surface area (Å²) in [5.41, 5.74) is 0.854. The van der Waals surface area contributed by atoms with Gasteiger partial charge in [0.15, 0.2) is 0 Å². The molecule has 170 valence electrons. The Morgan fingerprint density at radius 3 is 2.41 bits per heavy atom. The molecule has 1 aliphatic heterocycles. The Morgan fingerprint density at radius 1 is 1.03 bits per heavy atom. The molecule has 3 aromatic carbocycles. The van der Waals surface area contributed by atoms with E-state index in [1.165, 1.54) is 12.1 Å². The lowest BCUT2D eigenvalue weighted by atomic mass is 10.0. The molecule has 1 atom stereocenters. The topological polar surface area (TPSA) is 67.9 Å². The molecule has 1 heterocycles. The SMILES string of the molecule is CCOc1ccc(S(=O)(=O)NCC(c2ccc(F)cc2)N2CCOCC2)c2ccccc12. The van der Waals surface area contributed by atoms with Crippen LogP contribution in [0.25, 0.3) is 10.8 Å². The van der Waals surface area contributed by atoms with E-state index in [1.54, 1.807) is 30.3 Å². The Hall–Kier alpha value is -2.52. The van der Waals surface area contributed by atoms with Crippen LogP contribution in [-0.2, 0) is 14.8 Å². The van der Waals surface area contributed by atoms with Crippen molar-refractivity contribution in [2.45, 2.75) is 17.9 Å². The van der Waals surface area contributed by atoms with Crippen LogP contribution in [0.4, 0.5) is 4.39 Å². The largest absolute Gasteiger partial charge is 0.493 e. The van der Waals surface area contributed by atoms with Crippen molar-refractivity contribution in [3.8, 4) is 5.75 Å². The summed E-state index contributed by atoms with van der Waals surface area (Å²) in [6.07, 6.45) is 0. The standard InChI is InChI=1S/C24H27FN2O4S/c1-2-31-23-11-12-24(21-6-4-3-5-20(21)23)32(28,29)26-17-22(27-13-15-30-16-14-27)18-7-9-19(25)10-8-18/h3-12,22,26H,2,13-17H2,1H3. The van der Waals surface area contributed by atoms with Crippen molar-refractivity contribution in [1.29, 1.82) is 0 Å². The predicted molar refractivity (Wildman–Crippen MR) is 122 cm³/mol. The fourth-order valence-corrected chi connectivity index (χ4v) is 5.31. The molecule has 0 radical (unpaired) electrons. The average molecular weight is 459 g/mol. The summed E-state index contributed by atoms with van der Waals surface area (Å²) in [6, 6.07) is 16.6. The average Bonchev–Trinajstić information content (AvgIpc) is 2.81. The number of rotatable bonds is 8. The molecule has 0 aromatic heterocycles. The van der Waals surface area contributed by atoms with Crippen LogP contribution in [0.15, 0.2) is 65.6 Å². The van der Waals surface area contributed by atoms with Gasteiger partial charge < -0.3 is 9.47 Å². The number of ether oxygens (including phenoxy) is 2. The number of halogens is 1. The number of nitrogens with one attached hydrogen (secondary N) is 1. The number of sulfonamides is 1. The Kier molecular flexibility index (Phi) is 7.05. The molecule has 6 nitrogen and oxygen atoms in total. The molecule has 1 fully saturated rings. The zero-order chi connectivity index (χ0) is 22.6. The van der Waals surface area contributed by atoms with Gasteiger partial charge in [-0.3, -0.25) is 4.90 Å². The molecular weight excluding hydrogens is 431 g/mol. The highest BCUT2D eigenvalue weighted by molar-refractivity contribution is 7.89. The van der Waals surface area contributed by atoms with E-state index >= 15 is 0 Å². The lowest BCUT2D eigenvalue weighted by Crippen LogP contribution is -2.43. The Labute approximate surface area is 188 Å². The second kappa shape index (κ2) is 9.95. The van der Waals surface area contributed by atoms with Crippen molar-refractivity contribution in [3.05, 3.63) is 72.0 Å². The molecule has 4 rings (SSSR count). The first-order valence-corrected chi connectivity index (χ1v) is 12.2. The predicted octanol–water partition coefficient (Wildman–Crippen LogP) is 3.73. The van der Waals surface area contributed by atoms with Gasteiger partial charge in [-0.15, -0.1) is 0 Å². The van der Waals surface area contributed by atoms with Crippen LogP contribution in [0, 0.1) is 5.82 Å². The van der Waals surface area contributed by atoms with Crippen molar-refractivity contribution in [2.24, 2.45) is 0 Å². The summed E-state index contributed by atoms with van der Waals surface area (Å²) in [5, 5.41) is 1.36. The third-order valence-corrected chi connectivity index (χ3v) is 7.12. The summed E-state index contributed by atoms with van der Waals surface area (Å²) in [6.45, 7) is 5.05. The van der Waals surface area contributed by atoms with Crippen molar-refractivity contribution in [1.82, 2.24) is 9.62 Å². The molecule has 0 aliphatic carbocycles. The maximum atomic E-state index is 13.5. The van der Waals surface area contributed by atoms with Crippen LogP contribution < -0.4 is 9.46 Å². The van der Waals surface area contributed by atoms with Crippen LogP contribution in [0.5, 0.6) is 5.75 Å². The molecule has 1 unspecified atom stereocenters. The van der Waals surface area contributed by atoms with E-state index in [9.17, 15) is 12.8 Å². The zero-order valence-corrected chi connectivity index (χ0v) is 18.8. The Balaban J connectivity index is 1.63. The van der Waals surface area contributed by atoms with Crippen molar-refractivity contribution < 1.29 is 22.3 Å². The molecule has 1 aliphatic rings. The summed E-state index contributed by atoms with van der Waals surface area (Å²) in [5.74, 6) is 0.329. The number of hydrogen-bond acceptors (Lipinski definition) is 5. The van der Waals surface area contributed by atoms with Gasteiger partial charge in [-0.05, 0) is 36.8 Å². The van der Waals surface area contributed by atoms with E-state index in [1.807, 2.05) is 25.1 Å². The first kappa shape index (κ1) is 22.7. The highest BCUT2D eigenvalue weighted by Gasteiger charge is 2.26. The maximum absolute atomic E-state index is 13.5. The van der Waals surface area contributed by atoms with Gasteiger partial charge in [0, 0.05) is 36.4 Å². The van der Waals surface area contributed by atoms with Crippen LogP contribution in [-0.4, -0.2) is 52.8 Å². The highest BCUT2D eigenvalue weighted by Crippen LogP contribution is 2.31. The number of nitrogens with zero attached hydrogens (tertiary/aromatic N) is 1. The molecule has 0 spiro atoms. The Morgan fingerprint density at radius 2 is 1.72 bits per heavy atom. The van der Waals surface area contributed by atoms with Crippen LogP contribution in [0.3, 0.4) is 0 Å². The van der Waals surface area contributed by atoms with E-state index in [2.05, 4.69) is 9.62 Å². The lowest BCUT2D eigenvalue weighted by molar-refractivity contribution is 0.0172. The number of hydrogen-bond donors (Lipinski definition) is 1. The molecule has 32 heavy (non-hydrogen) atoms. The minimum absolute atomic E-state index is 0.162. The minimum Gasteiger partial charge on any atom is -0.493 e. The van der Waals surface area contributed by atoms with E-state index in [-0.39, 0.29) is 23.3 Å². The van der Waals surface area contributed by atoms with Gasteiger partial charge >= 0.3 is 0 Å². The molecule has 0 saturated carbocycles. The van der Waals surface area contributed by atoms with Gasteiger partial charge in [0.05, 0.1) is 24.7 Å². The van der Waals surface area contributed by atoms with Crippen molar-refractivity contribution in [3.63, 3.8) is 0 Å². The van der Waals surface area contributed by atoms with Gasteiger partial charge in [0.1, 0.15) is 11.6 Å². The first-order chi connectivity index (χ1) is 15.5. The summed E-state index contributed by atoms with van der Waals surface area (Å²) in [4.78, 5) is 2.37. The minimum atomic E-state index is -3.81. The molecular formula is C24H27FN2O4S. The monoisotopic (exact) mass is 458 g/mol. The van der Waals surface area contributed by atoms with Crippen LogP contribution in [0.1, 0.15) is 18.5 Å². The third-order valence-electron chi connectivity index (χ3n) is 5.64. The normalized spacial score (nSPS) is 16.2.